The normalized spacial score (nSPS) is 10.9. The quantitative estimate of drug-likeness (QED) is 0.250. The Bertz CT molecular complexity index is 1690. The Morgan fingerprint density at radius 2 is 1.44 bits per heavy atom. The van der Waals surface area contributed by atoms with Crippen LogP contribution in [0.4, 0.5) is 10.5 Å². The lowest BCUT2D eigenvalue weighted by atomic mass is 10.0. The number of halogens is 1. The van der Waals surface area contributed by atoms with E-state index in [0.29, 0.717) is 52.0 Å². The van der Waals surface area contributed by atoms with Crippen LogP contribution in [0.3, 0.4) is 0 Å². The van der Waals surface area contributed by atoms with E-state index in [1.165, 1.54) is 7.11 Å². The van der Waals surface area contributed by atoms with Crippen LogP contribution in [0.5, 0.6) is 5.75 Å². The van der Waals surface area contributed by atoms with Crippen LogP contribution in [0.2, 0.25) is 0 Å². The number of methoxy groups -OCH3 is 1. The molecule has 0 bridgehead atoms. The number of anilines is 1. The summed E-state index contributed by atoms with van der Waals surface area (Å²) in [6.45, 7) is 14.9. The van der Waals surface area contributed by atoms with E-state index in [-0.39, 0.29) is 22.2 Å². The van der Waals surface area contributed by atoms with E-state index in [2.05, 4.69) is 48.9 Å². The fraction of sp³-hybridized carbons (Fsp3) is 0.441. The van der Waals surface area contributed by atoms with Crippen LogP contribution < -0.4 is 21.2 Å². The third kappa shape index (κ3) is 10.9. The minimum atomic E-state index is -0.627. The van der Waals surface area contributed by atoms with Gasteiger partial charge in [-0.3, -0.25) is 14.9 Å². The number of ether oxygens (including phenoxy) is 2. The molecule has 0 radical (unpaired) electrons. The molecule has 0 saturated carbocycles. The number of carbonyl (C=O) groups excluding carboxylic acids is 1. The van der Waals surface area contributed by atoms with Crippen LogP contribution in [0.1, 0.15) is 72.4 Å². The fourth-order valence-electron chi connectivity index (χ4n) is 4.10. The standard InChI is InChI=1S/C23H29N3O4.C11H13BrN2O/c1-15(2)9-11-26-12-10-17(18(14-24)21(26)27)16-7-8-19(20(13-16)29-6)25-22(28)30-23(3,4)5;1-8(2)3-5-14-6-4-10(12)9(7-13)11(14)15/h7-8,10,12-13,15H,9,11H2,1-6H3,(H,25,28);4,6,8H,3,5H2,1-2H3. The molecule has 1 amide bonds. The van der Waals surface area contributed by atoms with Gasteiger partial charge in [-0.15, -0.1) is 0 Å². The lowest BCUT2D eigenvalue weighted by molar-refractivity contribution is 0.0635. The molecule has 0 spiro atoms. The number of nitrogens with zero attached hydrogens (tertiary/aromatic N) is 4. The Labute approximate surface area is 273 Å². The molecule has 0 fully saturated rings. The van der Waals surface area contributed by atoms with Crippen molar-refractivity contribution >= 4 is 27.7 Å². The molecule has 1 aromatic carbocycles. The molecular formula is C34H42BrN5O5. The molecule has 10 nitrogen and oxygen atoms in total. The summed E-state index contributed by atoms with van der Waals surface area (Å²) in [5, 5.41) is 21.1. The molecule has 0 aliphatic carbocycles. The van der Waals surface area contributed by atoms with E-state index in [4.69, 9.17) is 14.7 Å². The van der Waals surface area contributed by atoms with Crippen molar-refractivity contribution < 1.29 is 14.3 Å². The third-order valence-corrected chi connectivity index (χ3v) is 7.21. The van der Waals surface area contributed by atoms with Crippen LogP contribution in [-0.4, -0.2) is 27.9 Å². The SMILES string of the molecule is CC(C)CCn1ccc(Br)c(C#N)c1=O.COc1cc(-c2ccn(CCC(C)C)c(=O)c2C#N)ccc1NC(=O)OC(C)(C)C. The van der Waals surface area contributed by atoms with Crippen LogP contribution in [0.25, 0.3) is 11.1 Å². The number of benzene rings is 1. The molecule has 240 valence electrons. The predicted molar refractivity (Wildman–Crippen MR) is 179 cm³/mol. The summed E-state index contributed by atoms with van der Waals surface area (Å²) in [5.74, 6) is 1.40. The minimum absolute atomic E-state index is 0.0798. The van der Waals surface area contributed by atoms with E-state index in [9.17, 15) is 19.6 Å². The third-order valence-electron chi connectivity index (χ3n) is 6.55. The Morgan fingerprint density at radius 3 is 1.93 bits per heavy atom. The Balaban J connectivity index is 0.000000394. The lowest BCUT2D eigenvalue weighted by Crippen LogP contribution is -2.27. The van der Waals surface area contributed by atoms with E-state index in [0.717, 1.165) is 12.8 Å². The highest BCUT2D eigenvalue weighted by atomic mass is 79.9. The fourth-order valence-corrected chi connectivity index (χ4v) is 4.48. The second kappa shape index (κ2) is 16.6. The van der Waals surface area contributed by atoms with Gasteiger partial charge in [0.15, 0.2) is 0 Å². The largest absolute Gasteiger partial charge is 0.495 e. The maximum Gasteiger partial charge on any atom is 0.412 e. The first-order valence-electron chi connectivity index (χ1n) is 14.7. The van der Waals surface area contributed by atoms with E-state index in [1.54, 1.807) is 72.6 Å². The van der Waals surface area contributed by atoms with Gasteiger partial charge in [0.25, 0.3) is 11.1 Å². The maximum absolute atomic E-state index is 12.7. The van der Waals surface area contributed by atoms with E-state index >= 15 is 0 Å². The van der Waals surface area contributed by atoms with Gasteiger partial charge in [-0.1, -0.05) is 33.8 Å². The van der Waals surface area contributed by atoms with Gasteiger partial charge in [0.05, 0.1) is 12.8 Å². The van der Waals surface area contributed by atoms with Crippen LogP contribution in [-0.2, 0) is 17.8 Å². The summed E-state index contributed by atoms with van der Waals surface area (Å²) in [6, 6.07) is 12.5. The second-order valence-corrected chi connectivity index (χ2v) is 13.1. The van der Waals surface area contributed by atoms with Crippen molar-refractivity contribution in [3.63, 3.8) is 0 Å². The molecule has 3 rings (SSSR count). The summed E-state index contributed by atoms with van der Waals surface area (Å²) in [7, 11) is 1.48. The number of nitriles is 2. The number of aryl methyl sites for hydroxylation is 2. The van der Waals surface area contributed by atoms with Crippen LogP contribution in [0.15, 0.2) is 56.8 Å². The summed E-state index contributed by atoms with van der Waals surface area (Å²) in [5.41, 5.74) is 0.699. The van der Waals surface area contributed by atoms with Gasteiger partial charge in [-0.25, -0.2) is 4.79 Å². The molecule has 0 unspecified atom stereocenters. The van der Waals surface area contributed by atoms with Crippen molar-refractivity contribution in [2.45, 2.75) is 80.0 Å². The van der Waals surface area contributed by atoms with Gasteiger partial charge in [-0.2, -0.15) is 10.5 Å². The van der Waals surface area contributed by atoms with Gasteiger partial charge in [0.2, 0.25) is 0 Å². The Morgan fingerprint density at radius 1 is 0.911 bits per heavy atom. The van der Waals surface area contributed by atoms with Gasteiger partial charge in [0, 0.05) is 35.5 Å². The molecule has 11 heteroatoms. The number of pyridine rings is 2. The zero-order valence-corrected chi connectivity index (χ0v) is 28.8. The topological polar surface area (TPSA) is 139 Å². The lowest BCUT2D eigenvalue weighted by Gasteiger charge is -2.20. The molecule has 0 saturated heterocycles. The molecule has 2 heterocycles. The molecule has 2 aromatic heterocycles. The summed E-state index contributed by atoms with van der Waals surface area (Å²) in [4.78, 5) is 36.6. The molecule has 3 aromatic rings. The first-order valence-corrected chi connectivity index (χ1v) is 15.5. The van der Waals surface area contributed by atoms with Crippen molar-refractivity contribution in [1.29, 1.82) is 10.5 Å². The highest BCUT2D eigenvalue weighted by Gasteiger charge is 2.19. The highest BCUT2D eigenvalue weighted by Crippen LogP contribution is 2.32. The molecular weight excluding hydrogens is 638 g/mol. The maximum atomic E-state index is 12.7. The van der Waals surface area contributed by atoms with Gasteiger partial charge in [-0.05, 0) is 91.2 Å². The van der Waals surface area contributed by atoms with Crippen molar-refractivity contribution in [3.05, 3.63) is 79.0 Å². The van der Waals surface area contributed by atoms with Gasteiger partial charge >= 0.3 is 6.09 Å². The molecule has 0 aliphatic rings. The van der Waals surface area contributed by atoms with E-state index < -0.39 is 11.7 Å². The Hall–Kier alpha value is -4.35. The van der Waals surface area contributed by atoms with Crippen LogP contribution >= 0.6 is 15.9 Å². The number of hydrogen-bond donors (Lipinski definition) is 1. The Kier molecular flexibility index (Phi) is 13.6. The highest BCUT2D eigenvalue weighted by molar-refractivity contribution is 9.10. The summed E-state index contributed by atoms with van der Waals surface area (Å²) >= 11 is 3.19. The average Bonchev–Trinajstić information content (AvgIpc) is 2.95. The average molecular weight is 681 g/mol. The van der Waals surface area contributed by atoms with Crippen LogP contribution in [0, 0.1) is 34.5 Å². The molecule has 45 heavy (non-hydrogen) atoms. The first-order chi connectivity index (χ1) is 21.1. The van der Waals surface area contributed by atoms with Crippen molar-refractivity contribution in [3.8, 4) is 29.0 Å². The number of nitrogens with one attached hydrogen (secondary N) is 1. The van der Waals surface area contributed by atoms with Gasteiger partial charge < -0.3 is 18.6 Å². The summed E-state index contributed by atoms with van der Waals surface area (Å²) < 4.78 is 14.4. The second-order valence-electron chi connectivity index (χ2n) is 12.3. The minimum Gasteiger partial charge on any atom is -0.495 e. The first kappa shape index (κ1) is 36.8. The van der Waals surface area contributed by atoms with E-state index in [1.807, 2.05) is 12.1 Å². The monoisotopic (exact) mass is 679 g/mol. The van der Waals surface area contributed by atoms with Crippen molar-refractivity contribution in [2.75, 3.05) is 12.4 Å². The van der Waals surface area contributed by atoms with Crippen molar-refractivity contribution in [1.82, 2.24) is 9.13 Å². The number of carbonyl (C=O) groups is 1. The molecule has 0 aliphatic heterocycles. The smallest absolute Gasteiger partial charge is 0.412 e. The number of aromatic nitrogens is 2. The van der Waals surface area contributed by atoms with Gasteiger partial charge in [0.1, 0.15) is 34.6 Å². The predicted octanol–water partition coefficient (Wildman–Crippen LogP) is 7.32. The zero-order chi connectivity index (χ0) is 33.9. The summed E-state index contributed by atoms with van der Waals surface area (Å²) in [6.07, 6.45) is 4.62. The van der Waals surface area contributed by atoms with Crippen molar-refractivity contribution in [2.24, 2.45) is 11.8 Å². The number of hydrogen-bond acceptors (Lipinski definition) is 7. The molecule has 0 atom stereocenters. The number of amides is 1. The zero-order valence-electron chi connectivity index (χ0n) is 27.2. The number of rotatable bonds is 9. The molecule has 1 N–H and O–H groups in total.